The van der Waals surface area contributed by atoms with Crippen LogP contribution in [0, 0.1) is 0 Å². The Hall–Kier alpha value is -3.12. The van der Waals surface area contributed by atoms with Gasteiger partial charge in [0, 0.05) is 5.56 Å². The molecule has 0 bridgehead atoms. The van der Waals surface area contributed by atoms with Gasteiger partial charge >= 0.3 is 0 Å². The first kappa shape index (κ1) is 19.9. The second-order valence-corrected chi connectivity index (χ2v) is 4.80. The quantitative estimate of drug-likeness (QED) is 0.631. The summed E-state index contributed by atoms with van der Waals surface area (Å²) in [4.78, 5) is 21.4. The maximum absolute atomic E-state index is 12.3. The van der Waals surface area contributed by atoms with Gasteiger partial charge in [0.1, 0.15) is 17.6 Å². The number of aliphatic hydroxyl groups is 1. The predicted octanol–water partition coefficient (Wildman–Crippen LogP) is 1.54. The Morgan fingerprint density at radius 1 is 1.08 bits per heavy atom. The lowest BCUT2D eigenvalue weighted by atomic mass is 9.99. The van der Waals surface area contributed by atoms with Crippen LogP contribution in [0.3, 0.4) is 0 Å². The number of methoxy groups -OCH3 is 2. The van der Waals surface area contributed by atoms with Crippen molar-refractivity contribution in [1.82, 2.24) is 0 Å². The summed E-state index contributed by atoms with van der Waals surface area (Å²) in [7, 11) is 3.07. The van der Waals surface area contributed by atoms with Crippen LogP contribution in [-0.4, -0.2) is 31.1 Å². The van der Waals surface area contributed by atoms with Gasteiger partial charge in [0.2, 0.25) is 0 Å². The first-order valence-electron chi connectivity index (χ1n) is 7.26. The number of carbonyl (C=O) groups excluding carboxylic acids is 2. The molecule has 1 N–H and O–H groups in total. The topological polar surface area (TPSA) is 95.9 Å². The highest BCUT2D eigenvalue weighted by Crippen LogP contribution is 2.23. The molecule has 6 heteroatoms. The molecule has 0 aromatic heterocycles. The average molecular weight is 343 g/mol. The molecule has 2 aromatic carbocycles. The number of aliphatic carboxylic acids is 1. The third-order valence-electron chi connectivity index (χ3n) is 3.18. The summed E-state index contributed by atoms with van der Waals surface area (Å²) in [6, 6.07) is 13.5. The van der Waals surface area contributed by atoms with Crippen molar-refractivity contribution >= 4 is 11.8 Å². The Kier molecular flexibility index (Phi) is 7.89. The summed E-state index contributed by atoms with van der Waals surface area (Å²) in [6.07, 6.45) is -0.503. The van der Waals surface area contributed by atoms with Gasteiger partial charge in [-0.15, -0.1) is 0 Å². The number of ether oxygens (including phenoxy) is 2. The van der Waals surface area contributed by atoms with Crippen molar-refractivity contribution < 1.29 is 29.3 Å². The van der Waals surface area contributed by atoms with Gasteiger partial charge < -0.3 is 24.5 Å². The SMILES string of the molecule is C=CC(=O)[O-].COc1cccc(C(=O)C(O)c2cccc(OC)c2)c1. The number of carboxylic acid groups (broad SMARTS) is 1. The van der Waals surface area contributed by atoms with E-state index in [1.165, 1.54) is 14.2 Å². The fraction of sp³-hybridized carbons (Fsp3) is 0.158. The predicted molar refractivity (Wildman–Crippen MR) is 90.5 cm³/mol. The third kappa shape index (κ3) is 6.12. The molecular formula is C19H19O6-. The summed E-state index contributed by atoms with van der Waals surface area (Å²) >= 11 is 0. The van der Waals surface area contributed by atoms with E-state index in [-0.39, 0.29) is 5.78 Å². The van der Waals surface area contributed by atoms with Crippen LogP contribution in [0.1, 0.15) is 22.0 Å². The van der Waals surface area contributed by atoms with Crippen molar-refractivity contribution in [3.8, 4) is 11.5 Å². The Morgan fingerprint density at radius 3 is 2.12 bits per heavy atom. The van der Waals surface area contributed by atoms with Crippen LogP contribution in [0.25, 0.3) is 0 Å². The van der Waals surface area contributed by atoms with Gasteiger partial charge in [-0.25, -0.2) is 0 Å². The van der Waals surface area contributed by atoms with Gasteiger partial charge in [0.15, 0.2) is 5.78 Å². The van der Waals surface area contributed by atoms with Crippen LogP contribution in [0.15, 0.2) is 61.2 Å². The van der Waals surface area contributed by atoms with Crippen LogP contribution < -0.4 is 14.6 Å². The first-order valence-corrected chi connectivity index (χ1v) is 7.26. The lowest BCUT2D eigenvalue weighted by molar-refractivity contribution is -0.297. The van der Waals surface area contributed by atoms with Gasteiger partial charge in [-0.3, -0.25) is 4.79 Å². The minimum atomic E-state index is -1.23. The van der Waals surface area contributed by atoms with Crippen molar-refractivity contribution in [2.75, 3.05) is 14.2 Å². The highest BCUT2D eigenvalue weighted by molar-refractivity contribution is 6.00. The molecule has 0 aliphatic heterocycles. The molecule has 1 atom stereocenters. The molecule has 2 rings (SSSR count). The van der Waals surface area contributed by atoms with Crippen LogP contribution in [0.4, 0.5) is 0 Å². The van der Waals surface area contributed by atoms with E-state index < -0.39 is 12.1 Å². The Balaban J connectivity index is 0.000000550. The molecule has 2 aromatic rings. The van der Waals surface area contributed by atoms with Gasteiger partial charge in [-0.1, -0.05) is 30.8 Å². The molecule has 0 spiro atoms. The molecule has 1 unspecified atom stereocenters. The zero-order valence-electron chi connectivity index (χ0n) is 14.0. The van der Waals surface area contributed by atoms with E-state index in [1.807, 2.05) is 0 Å². The Labute approximate surface area is 145 Å². The van der Waals surface area contributed by atoms with Gasteiger partial charge in [-0.05, 0) is 35.9 Å². The van der Waals surface area contributed by atoms with E-state index in [1.54, 1.807) is 48.5 Å². The molecule has 132 valence electrons. The zero-order chi connectivity index (χ0) is 18.8. The molecule has 25 heavy (non-hydrogen) atoms. The molecule has 0 aliphatic carbocycles. The maximum atomic E-state index is 12.3. The minimum Gasteiger partial charge on any atom is -0.545 e. The third-order valence-corrected chi connectivity index (χ3v) is 3.18. The number of benzene rings is 2. The maximum Gasteiger partial charge on any atom is 0.195 e. The summed E-state index contributed by atoms with van der Waals surface area (Å²) < 4.78 is 10.2. The van der Waals surface area contributed by atoms with Crippen LogP contribution in [0.5, 0.6) is 11.5 Å². The molecule has 0 radical (unpaired) electrons. The highest BCUT2D eigenvalue weighted by Gasteiger charge is 2.20. The zero-order valence-corrected chi connectivity index (χ0v) is 14.0. The van der Waals surface area contributed by atoms with Crippen molar-refractivity contribution in [3.05, 3.63) is 72.3 Å². The number of aliphatic hydroxyl groups excluding tert-OH is 1. The van der Waals surface area contributed by atoms with Crippen molar-refractivity contribution in [3.63, 3.8) is 0 Å². The summed E-state index contributed by atoms with van der Waals surface area (Å²) in [5.41, 5.74) is 0.900. The number of carboxylic acids is 1. The summed E-state index contributed by atoms with van der Waals surface area (Å²) in [5.74, 6) is -0.434. The van der Waals surface area contributed by atoms with E-state index in [0.717, 1.165) is 6.08 Å². The summed E-state index contributed by atoms with van der Waals surface area (Å²) in [5, 5.41) is 19.3. The molecule has 0 heterocycles. The number of hydrogen-bond donors (Lipinski definition) is 1. The van der Waals surface area contributed by atoms with Gasteiger partial charge in [0.05, 0.1) is 20.2 Å². The smallest absolute Gasteiger partial charge is 0.195 e. The van der Waals surface area contributed by atoms with E-state index in [9.17, 15) is 9.90 Å². The highest BCUT2D eigenvalue weighted by atomic mass is 16.5. The average Bonchev–Trinajstić information content (AvgIpc) is 2.67. The van der Waals surface area contributed by atoms with Crippen molar-refractivity contribution in [1.29, 1.82) is 0 Å². The van der Waals surface area contributed by atoms with E-state index in [2.05, 4.69) is 6.58 Å². The Bertz CT molecular complexity index is 738. The molecule has 0 saturated carbocycles. The lowest BCUT2D eigenvalue weighted by Gasteiger charge is -2.12. The summed E-state index contributed by atoms with van der Waals surface area (Å²) in [6.45, 7) is 2.90. The fourth-order valence-electron chi connectivity index (χ4n) is 1.90. The molecular weight excluding hydrogens is 324 g/mol. The van der Waals surface area contributed by atoms with Crippen molar-refractivity contribution in [2.45, 2.75) is 6.10 Å². The van der Waals surface area contributed by atoms with E-state index >= 15 is 0 Å². The number of carbonyl (C=O) groups is 2. The number of rotatable bonds is 6. The molecule has 0 saturated heterocycles. The second-order valence-electron chi connectivity index (χ2n) is 4.80. The lowest BCUT2D eigenvalue weighted by Crippen LogP contribution is -2.17. The van der Waals surface area contributed by atoms with Gasteiger partial charge in [0.25, 0.3) is 0 Å². The molecule has 0 fully saturated rings. The standard InChI is InChI=1S/C16H16O4.C3H4O2/c1-19-13-7-3-5-11(9-13)15(17)16(18)12-6-4-8-14(10-12)20-2;1-2-3(4)5/h3-10,15,17H,1-2H3;2H,1H2,(H,4,5)/p-1. The number of Topliss-reactive ketones (excluding diaryl/α,β-unsaturated/α-hetero) is 1. The van der Waals surface area contributed by atoms with E-state index in [0.29, 0.717) is 22.6 Å². The van der Waals surface area contributed by atoms with Crippen LogP contribution in [-0.2, 0) is 4.79 Å². The largest absolute Gasteiger partial charge is 0.545 e. The number of hydrogen-bond acceptors (Lipinski definition) is 6. The van der Waals surface area contributed by atoms with Crippen LogP contribution >= 0.6 is 0 Å². The van der Waals surface area contributed by atoms with Crippen molar-refractivity contribution in [2.24, 2.45) is 0 Å². The monoisotopic (exact) mass is 343 g/mol. The second kappa shape index (κ2) is 9.89. The first-order chi connectivity index (χ1) is 11.9. The molecule has 0 amide bonds. The van der Waals surface area contributed by atoms with Gasteiger partial charge in [-0.2, -0.15) is 0 Å². The number of ketones is 1. The normalized spacial score (nSPS) is 10.7. The van der Waals surface area contributed by atoms with Crippen LogP contribution in [0.2, 0.25) is 0 Å². The minimum absolute atomic E-state index is 0.378. The Morgan fingerprint density at radius 2 is 1.60 bits per heavy atom. The fourth-order valence-corrected chi connectivity index (χ4v) is 1.90. The molecule has 0 aliphatic rings. The van der Waals surface area contributed by atoms with E-state index in [4.69, 9.17) is 19.4 Å². The molecule has 6 nitrogen and oxygen atoms in total.